The van der Waals surface area contributed by atoms with Crippen LogP contribution in [-0.2, 0) is 0 Å². The van der Waals surface area contributed by atoms with Crippen LogP contribution in [0.2, 0.25) is 0 Å². The summed E-state index contributed by atoms with van der Waals surface area (Å²) < 4.78 is 4.30. The molecule has 0 radical (unpaired) electrons. The highest BCUT2D eigenvalue weighted by Gasteiger charge is 2.02. The molecular formula is C6H4N4O2. The second kappa shape index (κ2) is 2.57. The van der Waals surface area contributed by atoms with E-state index >= 15 is 0 Å². The predicted molar refractivity (Wildman–Crippen MR) is 38.1 cm³/mol. The molecule has 12 heavy (non-hydrogen) atoms. The van der Waals surface area contributed by atoms with Crippen LogP contribution in [0.3, 0.4) is 0 Å². The van der Waals surface area contributed by atoms with Gasteiger partial charge in [0.1, 0.15) is 6.33 Å². The van der Waals surface area contributed by atoms with Gasteiger partial charge in [-0.15, -0.1) is 0 Å². The minimum atomic E-state index is -0.589. The number of H-pyrrole nitrogens is 1. The van der Waals surface area contributed by atoms with Gasteiger partial charge in [0.15, 0.2) is 5.82 Å². The van der Waals surface area contributed by atoms with Crippen LogP contribution in [-0.4, -0.2) is 20.1 Å². The van der Waals surface area contributed by atoms with Gasteiger partial charge in [0, 0.05) is 12.4 Å². The molecule has 0 fully saturated rings. The Morgan fingerprint density at radius 1 is 1.33 bits per heavy atom. The lowest BCUT2D eigenvalue weighted by molar-refractivity contribution is 0.388. The lowest BCUT2D eigenvalue weighted by atomic mass is 10.3. The standard InChI is InChI=1S/C6H4N4O2/c11-6-9-5(10-12-6)4-1-7-3-8-2-4/h1-3H,(H,9,10,11). The van der Waals surface area contributed by atoms with E-state index in [-0.39, 0.29) is 0 Å². The van der Waals surface area contributed by atoms with Crippen LogP contribution in [0.25, 0.3) is 11.4 Å². The molecule has 0 aromatic carbocycles. The van der Waals surface area contributed by atoms with Gasteiger partial charge in [-0.25, -0.2) is 14.8 Å². The number of nitrogens with one attached hydrogen (secondary N) is 1. The van der Waals surface area contributed by atoms with E-state index < -0.39 is 5.76 Å². The molecule has 2 aromatic rings. The molecule has 0 aliphatic heterocycles. The first-order chi connectivity index (χ1) is 5.86. The molecule has 0 bridgehead atoms. The summed E-state index contributed by atoms with van der Waals surface area (Å²) in [5, 5.41) is 3.46. The monoisotopic (exact) mass is 164 g/mol. The fourth-order valence-electron chi connectivity index (χ4n) is 0.776. The van der Waals surface area contributed by atoms with Crippen LogP contribution in [0.4, 0.5) is 0 Å². The van der Waals surface area contributed by atoms with E-state index in [4.69, 9.17) is 0 Å². The highest BCUT2D eigenvalue weighted by Crippen LogP contribution is 2.07. The molecule has 6 nitrogen and oxygen atoms in total. The maximum Gasteiger partial charge on any atom is 0.439 e. The van der Waals surface area contributed by atoms with E-state index in [1.54, 1.807) is 0 Å². The van der Waals surface area contributed by atoms with Crippen molar-refractivity contribution in [3.63, 3.8) is 0 Å². The summed E-state index contributed by atoms with van der Waals surface area (Å²) in [6.07, 6.45) is 4.45. The Labute approximate surface area is 66.3 Å². The summed E-state index contributed by atoms with van der Waals surface area (Å²) in [6, 6.07) is 0. The Morgan fingerprint density at radius 2 is 2.08 bits per heavy atom. The normalized spacial score (nSPS) is 10.0. The maximum absolute atomic E-state index is 10.5. The molecule has 0 saturated carbocycles. The first kappa shape index (κ1) is 6.71. The molecule has 0 aliphatic rings. The van der Waals surface area contributed by atoms with Crippen molar-refractivity contribution in [3.05, 3.63) is 29.3 Å². The van der Waals surface area contributed by atoms with Crippen molar-refractivity contribution in [2.75, 3.05) is 0 Å². The Balaban J connectivity index is 2.51. The molecule has 0 unspecified atom stereocenters. The van der Waals surface area contributed by atoms with Crippen LogP contribution >= 0.6 is 0 Å². The van der Waals surface area contributed by atoms with Gasteiger partial charge < -0.3 is 0 Å². The Hall–Kier alpha value is -1.98. The topological polar surface area (TPSA) is 84.7 Å². The second-order valence-electron chi connectivity index (χ2n) is 2.07. The van der Waals surface area contributed by atoms with Crippen molar-refractivity contribution in [2.45, 2.75) is 0 Å². The van der Waals surface area contributed by atoms with Crippen LogP contribution in [0.1, 0.15) is 0 Å². The van der Waals surface area contributed by atoms with Crippen molar-refractivity contribution in [2.24, 2.45) is 0 Å². The zero-order valence-electron chi connectivity index (χ0n) is 5.89. The molecule has 2 heterocycles. The van der Waals surface area contributed by atoms with E-state index in [1.807, 2.05) is 0 Å². The fraction of sp³-hybridized carbons (Fsp3) is 0. The van der Waals surface area contributed by atoms with Gasteiger partial charge in [0.05, 0.1) is 5.56 Å². The van der Waals surface area contributed by atoms with E-state index in [1.165, 1.54) is 18.7 Å². The largest absolute Gasteiger partial charge is 0.439 e. The first-order valence-electron chi connectivity index (χ1n) is 3.17. The van der Waals surface area contributed by atoms with Crippen molar-refractivity contribution < 1.29 is 4.52 Å². The molecule has 6 heteroatoms. The van der Waals surface area contributed by atoms with Crippen molar-refractivity contribution in [1.29, 1.82) is 0 Å². The van der Waals surface area contributed by atoms with Gasteiger partial charge in [0.2, 0.25) is 0 Å². The Bertz CT molecular complexity index is 418. The number of aromatic amines is 1. The number of rotatable bonds is 1. The quantitative estimate of drug-likeness (QED) is 0.631. The Kier molecular flexibility index (Phi) is 1.44. The molecule has 0 amide bonds. The molecule has 0 saturated heterocycles. The molecule has 2 aromatic heterocycles. The average Bonchev–Trinajstić information content (AvgIpc) is 2.54. The molecular weight excluding hydrogens is 160 g/mol. The van der Waals surface area contributed by atoms with Gasteiger partial charge in [-0.05, 0) is 0 Å². The number of hydrogen-bond acceptors (Lipinski definition) is 5. The first-order valence-corrected chi connectivity index (χ1v) is 3.17. The van der Waals surface area contributed by atoms with E-state index in [0.717, 1.165) is 0 Å². The fourth-order valence-corrected chi connectivity index (χ4v) is 0.776. The van der Waals surface area contributed by atoms with Crippen LogP contribution < -0.4 is 5.76 Å². The third-order valence-electron chi connectivity index (χ3n) is 1.27. The molecule has 0 spiro atoms. The number of aromatic nitrogens is 4. The zero-order valence-corrected chi connectivity index (χ0v) is 5.89. The summed E-state index contributed by atoms with van der Waals surface area (Å²) in [7, 11) is 0. The summed E-state index contributed by atoms with van der Waals surface area (Å²) in [5.41, 5.74) is 0.614. The van der Waals surface area contributed by atoms with Gasteiger partial charge in [-0.1, -0.05) is 5.16 Å². The van der Waals surface area contributed by atoms with Gasteiger partial charge in [-0.2, -0.15) is 0 Å². The van der Waals surface area contributed by atoms with Crippen LogP contribution in [0.15, 0.2) is 28.0 Å². The molecule has 0 aliphatic carbocycles. The second-order valence-corrected chi connectivity index (χ2v) is 2.07. The van der Waals surface area contributed by atoms with E-state index in [2.05, 4.69) is 24.6 Å². The summed E-state index contributed by atoms with van der Waals surface area (Å²) in [5.74, 6) is -0.255. The SMILES string of the molecule is O=c1[nH]c(-c2cncnc2)no1. The third kappa shape index (κ3) is 1.09. The summed E-state index contributed by atoms with van der Waals surface area (Å²) in [6.45, 7) is 0. The highest BCUT2D eigenvalue weighted by molar-refractivity contribution is 5.49. The molecule has 1 N–H and O–H groups in total. The van der Waals surface area contributed by atoms with E-state index in [0.29, 0.717) is 11.4 Å². The van der Waals surface area contributed by atoms with Gasteiger partial charge >= 0.3 is 5.76 Å². The smallest absolute Gasteiger partial charge is 0.296 e. The molecule has 2 rings (SSSR count). The lowest BCUT2D eigenvalue weighted by Gasteiger charge is -1.88. The van der Waals surface area contributed by atoms with Gasteiger partial charge in [-0.3, -0.25) is 9.51 Å². The Morgan fingerprint density at radius 3 is 2.67 bits per heavy atom. The zero-order chi connectivity index (χ0) is 8.39. The van der Waals surface area contributed by atoms with Crippen LogP contribution in [0, 0.1) is 0 Å². The molecule has 60 valence electrons. The minimum absolute atomic E-state index is 0.334. The molecule has 0 atom stereocenters. The maximum atomic E-state index is 10.5. The van der Waals surface area contributed by atoms with Crippen molar-refractivity contribution in [3.8, 4) is 11.4 Å². The van der Waals surface area contributed by atoms with E-state index in [9.17, 15) is 4.79 Å². The minimum Gasteiger partial charge on any atom is -0.296 e. The van der Waals surface area contributed by atoms with Crippen LogP contribution in [0.5, 0.6) is 0 Å². The predicted octanol–water partition coefficient (Wildman–Crippen LogP) is -0.180. The summed E-state index contributed by atoms with van der Waals surface area (Å²) in [4.78, 5) is 20.4. The average molecular weight is 164 g/mol. The highest BCUT2D eigenvalue weighted by atomic mass is 16.5. The van der Waals surface area contributed by atoms with Crippen molar-refractivity contribution >= 4 is 0 Å². The number of nitrogens with zero attached hydrogens (tertiary/aromatic N) is 3. The summed E-state index contributed by atoms with van der Waals surface area (Å²) >= 11 is 0. The third-order valence-corrected chi connectivity index (χ3v) is 1.27. The van der Waals surface area contributed by atoms with Crippen molar-refractivity contribution in [1.82, 2.24) is 20.1 Å². The van der Waals surface area contributed by atoms with Gasteiger partial charge in [0.25, 0.3) is 0 Å². The lowest BCUT2D eigenvalue weighted by Crippen LogP contribution is -1.95. The number of hydrogen-bond donors (Lipinski definition) is 1.